The first-order valence-corrected chi connectivity index (χ1v) is 13.6. The summed E-state index contributed by atoms with van der Waals surface area (Å²) in [5.74, 6) is 0.835. The Morgan fingerprint density at radius 3 is 2.78 bits per heavy atom. The van der Waals surface area contributed by atoms with Gasteiger partial charge >= 0.3 is 5.97 Å². The molecule has 6 nitrogen and oxygen atoms in total. The molecule has 0 unspecified atom stereocenters. The number of halogens is 1. The summed E-state index contributed by atoms with van der Waals surface area (Å²) in [7, 11) is 0. The molecule has 7 heteroatoms. The second-order valence-corrected chi connectivity index (χ2v) is 10.3. The molecule has 0 spiro atoms. The lowest BCUT2D eigenvalue weighted by molar-refractivity contribution is -0.144. The molecule has 1 aliphatic heterocycles. The topological polar surface area (TPSA) is 68.2 Å². The second-order valence-electron chi connectivity index (χ2n) is 9.71. The Morgan fingerprint density at radius 2 is 1.92 bits per heavy atom. The predicted molar refractivity (Wildman–Crippen MR) is 143 cm³/mol. The van der Waals surface area contributed by atoms with Gasteiger partial charge in [-0.1, -0.05) is 48.6 Å². The molecule has 0 radical (unpaired) electrons. The third-order valence-corrected chi connectivity index (χ3v) is 7.76. The molecule has 4 rings (SSSR count). The minimum absolute atomic E-state index is 0.0161. The van der Waals surface area contributed by atoms with Gasteiger partial charge in [-0.05, 0) is 43.1 Å². The van der Waals surface area contributed by atoms with E-state index in [-0.39, 0.29) is 23.2 Å². The van der Waals surface area contributed by atoms with Gasteiger partial charge in [0.2, 0.25) is 0 Å². The van der Waals surface area contributed by atoms with Crippen LogP contribution in [0.4, 0.5) is 0 Å². The van der Waals surface area contributed by atoms with Crippen LogP contribution in [0.15, 0.2) is 54.6 Å². The number of morpholine rings is 1. The van der Waals surface area contributed by atoms with E-state index in [0.29, 0.717) is 26.1 Å². The summed E-state index contributed by atoms with van der Waals surface area (Å²) in [6.07, 6.45) is 7.16. The number of esters is 1. The number of fused-ring (bicyclic) bond motifs is 1. The van der Waals surface area contributed by atoms with Crippen LogP contribution in [0.25, 0.3) is 10.8 Å². The average molecular weight is 516 g/mol. The Kier molecular flexibility index (Phi) is 10.5. The van der Waals surface area contributed by atoms with Crippen LogP contribution >= 0.6 is 11.6 Å². The number of nitrogens with zero attached hydrogens (tertiary/aromatic N) is 1. The number of carbonyl (C=O) groups excluding carboxylic acids is 1. The second kappa shape index (κ2) is 14.0. The predicted octanol–water partition coefficient (Wildman–Crippen LogP) is 4.82. The van der Waals surface area contributed by atoms with Gasteiger partial charge in [-0.3, -0.25) is 9.69 Å². The number of alkyl halides is 1. The molecule has 1 heterocycles. The molecule has 0 bridgehead atoms. The van der Waals surface area contributed by atoms with Crippen molar-refractivity contribution in [3.05, 3.63) is 54.6 Å². The fourth-order valence-corrected chi connectivity index (χ4v) is 5.59. The number of allylic oxidation sites excluding steroid dienone is 2. The molecule has 4 atom stereocenters. The number of aliphatic hydroxyl groups excluding tert-OH is 1. The van der Waals surface area contributed by atoms with Crippen molar-refractivity contribution in [1.29, 1.82) is 0 Å². The summed E-state index contributed by atoms with van der Waals surface area (Å²) in [5, 5.41) is 12.8. The van der Waals surface area contributed by atoms with Crippen LogP contribution < -0.4 is 4.74 Å². The molecule has 2 aromatic carbocycles. The molecule has 1 saturated carbocycles. The number of hydrogen-bond acceptors (Lipinski definition) is 6. The maximum atomic E-state index is 12.0. The van der Waals surface area contributed by atoms with E-state index in [1.54, 1.807) is 0 Å². The lowest BCUT2D eigenvalue weighted by atomic mass is 9.92. The van der Waals surface area contributed by atoms with E-state index >= 15 is 0 Å². The highest BCUT2D eigenvalue weighted by Crippen LogP contribution is 2.39. The third-order valence-electron chi connectivity index (χ3n) is 7.26. The standard InChI is InChI=1S/C29H38ClNO5/c30-26-20-27(32)25(21-36-28-12-7-9-22-8-5-6-10-23(22)28)24(26)11-3-1-2-4-13-29(33)35-19-16-31-14-17-34-18-15-31/h1,3,5-10,12,24-27,32H,2,4,11,13-21H2/b3-1-/t24-,25-,26-,27-/m1/s1. The van der Waals surface area contributed by atoms with Crippen LogP contribution in [-0.2, 0) is 14.3 Å². The zero-order valence-corrected chi connectivity index (χ0v) is 21.7. The molecule has 1 aliphatic carbocycles. The molecule has 2 aliphatic rings. The van der Waals surface area contributed by atoms with E-state index in [0.717, 1.165) is 68.6 Å². The largest absolute Gasteiger partial charge is 0.493 e. The minimum Gasteiger partial charge on any atom is -0.493 e. The van der Waals surface area contributed by atoms with Crippen LogP contribution in [0.3, 0.4) is 0 Å². The third kappa shape index (κ3) is 7.69. The lowest BCUT2D eigenvalue weighted by Gasteiger charge is -2.26. The average Bonchev–Trinajstić information content (AvgIpc) is 3.17. The first kappa shape index (κ1) is 26.9. The summed E-state index contributed by atoms with van der Waals surface area (Å²) in [6, 6.07) is 14.2. The summed E-state index contributed by atoms with van der Waals surface area (Å²) in [6.45, 7) is 4.96. The van der Waals surface area contributed by atoms with Crippen LogP contribution in [0.1, 0.15) is 32.1 Å². The highest BCUT2D eigenvalue weighted by molar-refractivity contribution is 6.21. The number of benzene rings is 2. The van der Waals surface area contributed by atoms with E-state index < -0.39 is 6.10 Å². The van der Waals surface area contributed by atoms with Crippen molar-refractivity contribution >= 4 is 28.3 Å². The summed E-state index contributed by atoms with van der Waals surface area (Å²) < 4.78 is 16.9. The number of carbonyl (C=O) groups is 1. The van der Waals surface area contributed by atoms with Gasteiger partial charge in [-0.15, -0.1) is 11.6 Å². The van der Waals surface area contributed by atoms with Gasteiger partial charge < -0.3 is 19.3 Å². The molecule has 2 aromatic rings. The van der Waals surface area contributed by atoms with E-state index in [1.165, 1.54) is 0 Å². The number of ether oxygens (including phenoxy) is 3. The fourth-order valence-electron chi connectivity index (χ4n) is 5.12. The van der Waals surface area contributed by atoms with E-state index in [1.807, 2.05) is 24.3 Å². The maximum Gasteiger partial charge on any atom is 0.305 e. The van der Waals surface area contributed by atoms with Gasteiger partial charge in [0.15, 0.2) is 0 Å². The van der Waals surface area contributed by atoms with Crippen LogP contribution in [-0.4, -0.2) is 73.5 Å². The zero-order chi connectivity index (χ0) is 25.2. The first-order valence-electron chi connectivity index (χ1n) is 13.1. The summed E-state index contributed by atoms with van der Waals surface area (Å²) >= 11 is 6.61. The smallest absolute Gasteiger partial charge is 0.305 e. The number of unbranched alkanes of at least 4 members (excludes halogenated alkanes) is 1. The van der Waals surface area contributed by atoms with Crippen molar-refractivity contribution in [3.8, 4) is 5.75 Å². The van der Waals surface area contributed by atoms with E-state index in [4.69, 9.17) is 25.8 Å². The van der Waals surface area contributed by atoms with Crippen molar-refractivity contribution < 1.29 is 24.1 Å². The molecular weight excluding hydrogens is 478 g/mol. The molecule has 1 N–H and O–H groups in total. The SMILES string of the molecule is O=C(CCC/C=C\C[C@@H]1[C@@H](COc2cccc3ccccc23)[C@H](O)C[C@H]1Cl)OCCN1CCOCC1. The highest BCUT2D eigenvalue weighted by Gasteiger charge is 2.41. The maximum absolute atomic E-state index is 12.0. The van der Waals surface area contributed by atoms with Gasteiger partial charge in [-0.25, -0.2) is 0 Å². The van der Waals surface area contributed by atoms with Crippen molar-refractivity contribution in [2.75, 3.05) is 46.1 Å². The van der Waals surface area contributed by atoms with Gasteiger partial charge in [0, 0.05) is 42.7 Å². The first-order chi connectivity index (χ1) is 17.6. The van der Waals surface area contributed by atoms with E-state index in [2.05, 4.69) is 35.3 Å². The molecule has 0 amide bonds. The van der Waals surface area contributed by atoms with Gasteiger partial charge in [0.05, 0.1) is 25.9 Å². The Hall–Kier alpha value is -2.12. The Balaban J connectivity index is 1.16. The normalized spacial score (nSPS) is 24.9. The highest BCUT2D eigenvalue weighted by atomic mass is 35.5. The Morgan fingerprint density at radius 1 is 1.11 bits per heavy atom. The Labute approximate surface area is 219 Å². The fraction of sp³-hybridized carbons (Fsp3) is 0.552. The lowest BCUT2D eigenvalue weighted by Crippen LogP contribution is -2.38. The van der Waals surface area contributed by atoms with Gasteiger partial charge in [0.1, 0.15) is 12.4 Å². The number of rotatable bonds is 12. The zero-order valence-electron chi connectivity index (χ0n) is 20.9. The van der Waals surface area contributed by atoms with Crippen molar-refractivity contribution in [2.24, 2.45) is 11.8 Å². The molecule has 36 heavy (non-hydrogen) atoms. The number of aliphatic hydroxyl groups is 1. The van der Waals surface area contributed by atoms with Crippen LogP contribution in [0, 0.1) is 11.8 Å². The summed E-state index contributed by atoms with van der Waals surface area (Å²) in [5.41, 5.74) is 0. The van der Waals surface area contributed by atoms with Gasteiger partial charge in [0.25, 0.3) is 0 Å². The molecule has 196 valence electrons. The number of hydrogen-bond donors (Lipinski definition) is 1. The van der Waals surface area contributed by atoms with Gasteiger partial charge in [-0.2, -0.15) is 0 Å². The molecular formula is C29H38ClNO5. The van der Waals surface area contributed by atoms with Crippen molar-refractivity contribution in [2.45, 2.75) is 43.6 Å². The summed E-state index contributed by atoms with van der Waals surface area (Å²) in [4.78, 5) is 14.2. The Bertz CT molecular complexity index is 987. The quantitative estimate of drug-likeness (QED) is 0.189. The molecule has 2 fully saturated rings. The van der Waals surface area contributed by atoms with Crippen molar-refractivity contribution in [1.82, 2.24) is 4.90 Å². The minimum atomic E-state index is -0.465. The molecule has 1 saturated heterocycles. The molecule has 0 aromatic heterocycles. The monoisotopic (exact) mass is 515 g/mol. The van der Waals surface area contributed by atoms with Crippen LogP contribution in [0.2, 0.25) is 0 Å². The van der Waals surface area contributed by atoms with Crippen molar-refractivity contribution in [3.63, 3.8) is 0 Å². The van der Waals surface area contributed by atoms with Crippen LogP contribution in [0.5, 0.6) is 5.75 Å². The van der Waals surface area contributed by atoms with E-state index in [9.17, 15) is 9.90 Å².